The average molecular weight is 447 g/mol. The highest BCUT2D eigenvalue weighted by Crippen LogP contribution is 2.20. The van der Waals surface area contributed by atoms with E-state index in [1.807, 2.05) is 30.3 Å². The molecule has 0 bridgehead atoms. The summed E-state index contributed by atoms with van der Waals surface area (Å²) in [7, 11) is 3.24. The van der Waals surface area contributed by atoms with Gasteiger partial charge in [-0.05, 0) is 55.0 Å². The second-order valence-corrected chi connectivity index (χ2v) is 7.28. The van der Waals surface area contributed by atoms with Gasteiger partial charge in [0.15, 0.2) is 0 Å². The number of carbonyl (C=O) groups excluding carboxylic acids is 3. The van der Waals surface area contributed by atoms with Gasteiger partial charge in [-0.25, -0.2) is 9.59 Å². The van der Waals surface area contributed by atoms with Gasteiger partial charge in [0, 0.05) is 31.0 Å². The van der Waals surface area contributed by atoms with Crippen LogP contribution in [-0.4, -0.2) is 38.7 Å². The first kappa shape index (κ1) is 23.5. The Kier molecular flexibility index (Phi) is 7.81. The maximum atomic E-state index is 12.9. The highest BCUT2D eigenvalue weighted by atomic mass is 16.6. The molecule has 0 heterocycles. The van der Waals surface area contributed by atoms with Gasteiger partial charge in [-0.2, -0.15) is 0 Å². The van der Waals surface area contributed by atoms with E-state index in [-0.39, 0.29) is 19.1 Å². The van der Waals surface area contributed by atoms with Gasteiger partial charge in [-0.1, -0.05) is 36.4 Å². The molecule has 7 nitrogen and oxygen atoms in total. The quantitative estimate of drug-likeness (QED) is 0.482. The number of ether oxygens (including phenoxy) is 2. The fraction of sp³-hybridized carbons (Fsp3) is 0.192. The minimum absolute atomic E-state index is 0.177. The van der Waals surface area contributed by atoms with Crippen LogP contribution in [0.5, 0.6) is 0 Å². The zero-order chi connectivity index (χ0) is 23.8. The zero-order valence-electron chi connectivity index (χ0n) is 18.9. The fourth-order valence-corrected chi connectivity index (χ4v) is 3.12. The predicted molar refractivity (Wildman–Crippen MR) is 127 cm³/mol. The van der Waals surface area contributed by atoms with E-state index in [2.05, 4.69) is 0 Å². The Morgan fingerprint density at radius 1 is 0.727 bits per heavy atom. The Morgan fingerprint density at radius 3 is 2.09 bits per heavy atom. The third kappa shape index (κ3) is 5.98. The first-order valence-corrected chi connectivity index (χ1v) is 10.5. The second kappa shape index (κ2) is 10.9. The Morgan fingerprint density at radius 2 is 1.42 bits per heavy atom. The van der Waals surface area contributed by atoms with E-state index in [9.17, 15) is 14.4 Å². The molecule has 0 saturated carbocycles. The fourth-order valence-electron chi connectivity index (χ4n) is 3.12. The van der Waals surface area contributed by atoms with Gasteiger partial charge in [0.1, 0.15) is 6.61 Å². The molecule has 3 aromatic rings. The molecule has 170 valence electrons. The number of carbonyl (C=O) groups is 3. The molecule has 7 heteroatoms. The minimum Gasteiger partial charge on any atom is -0.462 e. The van der Waals surface area contributed by atoms with Gasteiger partial charge < -0.3 is 14.4 Å². The standard InChI is InChI=1S/C26H26N2O5/c1-4-32-25(30)21-11-8-12-23(17-21)27(2)24(29)20-13-15-22(16-14-20)28(3)26(31)33-18-19-9-6-5-7-10-19/h5-17H,4,18H2,1-3H3. The highest BCUT2D eigenvalue weighted by molar-refractivity contribution is 6.06. The minimum atomic E-state index is -0.495. The average Bonchev–Trinajstić information content (AvgIpc) is 2.87. The summed E-state index contributed by atoms with van der Waals surface area (Å²) in [5, 5.41) is 0. The summed E-state index contributed by atoms with van der Waals surface area (Å²) in [6.07, 6.45) is -0.495. The molecule has 33 heavy (non-hydrogen) atoms. The summed E-state index contributed by atoms with van der Waals surface area (Å²) in [5.41, 5.74) is 2.87. The van der Waals surface area contributed by atoms with Gasteiger partial charge >= 0.3 is 12.1 Å². The molecule has 0 unspecified atom stereocenters. The van der Waals surface area contributed by atoms with Crippen LogP contribution in [0.2, 0.25) is 0 Å². The lowest BCUT2D eigenvalue weighted by Gasteiger charge is -2.20. The maximum absolute atomic E-state index is 12.9. The molecule has 0 aliphatic carbocycles. The smallest absolute Gasteiger partial charge is 0.414 e. The monoisotopic (exact) mass is 446 g/mol. The molecule has 0 radical (unpaired) electrons. The Balaban J connectivity index is 1.65. The molecule has 3 aromatic carbocycles. The molecule has 3 rings (SSSR count). The number of hydrogen-bond donors (Lipinski definition) is 0. The predicted octanol–water partition coefficient (Wildman–Crippen LogP) is 4.91. The second-order valence-electron chi connectivity index (χ2n) is 7.28. The van der Waals surface area contributed by atoms with Crippen molar-refractivity contribution in [2.75, 3.05) is 30.5 Å². The van der Waals surface area contributed by atoms with Crippen LogP contribution in [0.25, 0.3) is 0 Å². The molecule has 0 fully saturated rings. The number of nitrogens with zero attached hydrogens (tertiary/aromatic N) is 2. The van der Waals surface area contributed by atoms with Crippen LogP contribution in [0.15, 0.2) is 78.9 Å². The van der Waals surface area contributed by atoms with Crippen LogP contribution >= 0.6 is 0 Å². The van der Waals surface area contributed by atoms with Crippen molar-refractivity contribution in [3.8, 4) is 0 Å². The highest BCUT2D eigenvalue weighted by Gasteiger charge is 2.17. The Labute approximate surface area is 193 Å². The summed E-state index contributed by atoms with van der Waals surface area (Å²) in [6.45, 7) is 2.19. The van der Waals surface area contributed by atoms with E-state index in [0.29, 0.717) is 22.5 Å². The van der Waals surface area contributed by atoms with Gasteiger partial charge in [-0.3, -0.25) is 9.69 Å². The van der Waals surface area contributed by atoms with Gasteiger partial charge in [-0.15, -0.1) is 0 Å². The van der Waals surface area contributed by atoms with E-state index in [1.165, 1.54) is 9.80 Å². The van der Waals surface area contributed by atoms with Gasteiger partial charge in [0.2, 0.25) is 0 Å². The number of benzene rings is 3. The van der Waals surface area contributed by atoms with Crippen molar-refractivity contribution in [3.05, 3.63) is 95.6 Å². The molecule has 0 aliphatic heterocycles. The van der Waals surface area contributed by atoms with E-state index in [1.54, 1.807) is 69.6 Å². The van der Waals surface area contributed by atoms with Crippen molar-refractivity contribution in [1.82, 2.24) is 0 Å². The Hall–Kier alpha value is -4.13. The number of hydrogen-bond acceptors (Lipinski definition) is 5. The molecular formula is C26H26N2O5. The van der Waals surface area contributed by atoms with E-state index < -0.39 is 12.1 Å². The lowest BCUT2D eigenvalue weighted by Crippen LogP contribution is -2.28. The first-order chi connectivity index (χ1) is 15.9. The number of esters is 1. The summed E-state index contributed by atoms with van der Waals surface area (Å²) < 4.78 is 10.4. The third-order valence-corrected chi connectivity index (χ3v) is 5.03. The Bertz CT molecular complexity index is 1110. The summed E-state index contributed by atoms with van der Waals surface area (Å²) in [4.78, 5) is 40.1. The molecular weight excluding hydrogens is 420 g/mol. The van der Waals surface area contributed by atoms with Gasteiger partial charge in [0.05, 0.1) is 12.2 Å². The lowest BCUT2D eigenvalue weighted by atomic mass is 10.1. The molecule has 0 spiro atoms. The zero-order valence-corrected chi connectivity index (χ0v) is 18.9. The maximum Gasteiger partial charge on any atom is 0.414 e. The largest absolute Gasteiger partial charge is 0.462 e. The third-order valence-electron chi connectivity index (χ3n) is 5.03. The summed E-state index contributed by atoms with van der Waals surface area (Å²) in [5.74, 6) is -0.691. The van der Waals surface area contributed by atoms with E-state index >= 15 is 0 Å². The van der Waals surface area contributed by atoms with Crippen molar-refractivity contribution in [2.24, 2.45) is 0 Å². The number of rotatable bonds is 7. The normalized spacial score (nSPS) is 10.3. The van der Waals surface area contributed by atoms with Crippen LogP contribution in [0.3, 0.4) is 0 Å². The topological polar surface area (TPSA) is 76.2 Å². The van der Waals surface area contributed by atoms with Crippen molar-refractivity contribution in [2.45, 2.75) is 13.5 Å². The molecule has 0 aliphatic rings. The van der Waals surface area contributed by atoms with Gasteiger partial charge in [0.25, 0.3) is 5.91 Å². The number of amides is 2. The van der Waals surface area contributed by atoms with Crippen molar-refractivity contribution < 1.29 is 23.9 Å². The van der Waals surface area contributed by atoms with E-state index in [4.69, 9.17) is 9.47 Å². The van der Waals surface area contributed by atoms with Crippen molar-refractivity contribution in [3.63, 3.8) is 0 Å². The van der Waals surface area contributed by atoms with Crippen molar-refractivity contribution in [1.29, 1.82) is 0 Å². The summed E-state index contributed by atoms with van der Waals surface area (Å²) >= 11 is 0. The van der Waals surface area contributed by atoms with Crippen LogP contribution in [0.4, 0.5) is 16.2 Å². The molecule has 0 aromatic heterocycles. The van der Waals surface area contributed by atoms with E-state index in [0.717, 1.165) is 5.56 Å². The number of anilines is 2. The first-order valence-electron chi connectivity index (χ1n) is 10.5. The van der Waals surface area contributed by atoms with Crippen LogP contribution in [0.1, 0.15) is 33.2 Å². The van der Waals surface area contributed by atoms with Crippen LogP contribution in [-0.2, 0) is 16.1 Å². The molecule has 0 atom stereocenters. The van der Waals surface area contributed by atoms with Crippen LogP contribution < -0.4 is 9.80 Å². The van der Waals surface area contributed by atoms with Crippen LogP contribution in [0, 0.1) is 0 Å². The van der Waals surface area contributed by atoms with Crippen molar-refractivity contribution >= 4 is 29.3 Å². The molecule has 0 N–H and O–H groups in total. The summed E-state index contributed by atoms with van der Waals surface area (Å²) in [6, 6.07) is 22.8. The molecule has 2 amide bonds. The molecule has 0 saturated heterocycles. The SMILES string of the molecule is CCOC(=O)c1cccc(N(C)C(=O)c2ccc(N(C)C(=O)OCc3ccccc3)cc2)c1. The lowest BCUT2D eigenvalue weighted by molar-refractivity contribution is 0.0526.